The second-order valence-corrected chi connectivity index (χ2v) is 7.88. The van der Waals surface area contributed by atoms with Crippen LogP contribution < -0.4 is 4.74 Å². The molecule has 6 nitrogen and oxygen atoms in total. The second-order valence-electron chi connectivity index (χ2n) is 7.88. The lowest BCUT2D eigenvalue weighted by Gasteiger charge is -2.38. The highest BCUT2D eigenvalue weighted by Crippen LogP contribution is 2.26. The van der Waals surface area contributed by atoms with Gasteiger partial charge >= 0.3 is 0 Å². The molecule has 1 aliphatic rings. The number of aromatic nitrogens is 2. The number of rotatable bonds is 6. The zero-order chi connectivity index (χ0) is 21.8. The highest BCUT2D eigenvalue weighted by atomic mass is 16.5. The van der Waals surface area contributed by atoms with Gasteiger partial charge in [-0.2, -0.15) is 5.10 Å². The summed E-state index contributed by atoms with van der Waals surface area (Å²) in [6.45, 7) is 8.11. The third kappa shape index (κ3) is 4.49. The van der Waals surface area contributed by atoms with E-state index in [1.165, 1.54) is 5.56 Å². The maximum absolute atomic E-state index is 13.2. The zero-order valence-electron chi connectivity index (χ0n) is 18.5. The standard InChI is InChI=1S/C25H30N4O2/c1-4-29-24(21-11-8-12-22(17-21)31-3)18-23(26-29)25(30)28-15-13-27(14-16-28)19(2)20-9-6-5-7-10-20/h5-12,17-19H,4,13-16H2,1-3H3. The molecule has 1 atom stereocenters. The number of amides is 1. The summed E-state index contributed by atoms with van der Waals surface area (Å²) in [5.41, 5.74) is 3.74. The quantitative estimate of drug-likeness (QED) is 0.605. The van der Waals surface area contributed by atoms with Crippen LogP contribution in [0.1, 0.15) is 35.9 Å². The topological polar surface area (TPSA) is 50.6 Å². The molecule has 1 aliphatic heterocycles. The number of hydrogen-bond donors (Lipinski definition) is 0. The van der Waals surface area contributed by atoms with Gasteiger partial charge in [-0.1, -0.05) is 42.5 Å². The lowest BCUT2D eigenvalue weighted by molar-refractivity contribution is 0.0576. The maximum atomic E-state index is 13.2. The first-order valence-electron chi connectivity index (χ1n) is 10.9. The number of carbonyl (C=O) groups excluding carboxylic acids is 1. The van der Waals surface area contributed by atoms with Gasteiger partial charge in [0.15, 0.2) is 5.69 Å². The average Bonchev–Trinajstić information content (AvgIpc) is 3.28. The number of aryl methyl sites for hydroxylation is 1. The van der Waals surface area contributed by atoms with Crippen LogP contribution in [0.2, 0.25) is 0 Å². The van der Waals surface area contributed by atoms with Crippen LogP contribution in [0.15, 0.2) is 60.7 Å². The summed E-state index contributed by atoms with van der Waals surface area (Å²) in [6.07, 6.45) is 0. The normalized spacial score (nSPS) is 15.6. The molecule has 6 heteroatoms. The van der Waals surface area contributed by atoms with Gasteiger partial charge in [-0.25, -0.2) is 0 Å². The van der Waals surface area contributed by atoms with E-state index in [1.807, 2.05) is 52.9 Å². The smallest absolute Gasteiger partial charge is 0.274 e. The number of nitrogens with zero attached hydrogens (tertiary/aromatic N) is 4. The van der Waals surface area contributed by atoms with Crippen LogP contribution in [0.25, 0.3) is 11.3 Å². The van der Waals surface area contributed by atoms with Gasteiger partial charge in [-0.15, -0.1) is 0 Å². The van der Waals surface area contributed by atoms with Crippen LogP contribution in [0, 0.1) is 0 Å². The van der Waals surface area contributed by atoms with E-state index in [-0.39, 0.29) is 5.91 Å². The highest BCUT2D eigenvalue weighted by molar-refractivity contribution is 5.93. The van der Waals surface area contributed by atoms with Crippen LogP contribution in [0.3, 0.4) is 0 Å². The molecule has 4 rings (SSSR count). The molecule has 162 valence electrons. The molecule has 0 saturated carbocycles. The third-order valence-corrected chi connectivity index (χ3v) is 6.10. The van der Waals surface area contributed by atoms with Crippen molar-refractivity contribution in [1.29, 1.82) is 0 Å². The van der Waals surface area contributed by atoms with E-state index in [0.29, 0.717) is 31.4 Å². The van der Waals surface area contributed by atoms with Crippen molar-refractivity contribution in [3.05, 3.63) is 71.9 Å². The molecule has 0 aliphatic carbocycles. The van der Waals surface area contributed by atoms with Gasteiger partial charge in [-0.3, -0.25) is 14.4 Å². The molecule has 2 heterocycles. The Morgan fingerprint density at radius 3 is 2.45 bits per heavy atom. The van der Waals surface area contributed by atoms with Gasteiger partial charge in [-0.05, 0) is 37.6 Å². The van der Waals surface area contributed by atoms with E-state index in [9.17, 15) is 4.79 Å². The van der Waals surface area contributed by atoms with E-state index in [2.05, 4.69) is 41.2 Å². The molecular weight excluding hydrogens is 388 g/mol. The minimum absolute atomic E-state index is 0.00311. The highest BCUT2D eigenvalue weighted by Gasteiger charge is 2.27. The molecule has 0 bridgehead atoms. The summed E-state index contributed by atoms with van der Waals surface area (Å²) in [5, 5.41) is 4.61. The molecular formula is C25H30N4O2. The summed E-state index contributed by atoms with van der Waals surface area (Å²) in [5.74, 6) is 0.793. The molecule has 1 saturated heterocycles. The number of carbonyl (C=O) groups is 1. The molecule has 0 radical (unpaired) electrons. The Balaban J connectivity index is 1.46. The van der Waals surface area contributed by atoms with Crippen molar-refractivity contribution in [3.63, 3.8) is 0 Å². The van der Waals surface area contributed by atoms with Gasteiger partial charge < -0.3 is 9.64 Å². The van der Waals surface area contributed by atoms with E-state index in [4.69, 9.17) is 4.74 Å². The molecule has 3 aromatic rings. The summed E-state index contributed by atoms with van der Waals surface area (Å²) < 4.78 is 7.24. The average molecular weight is 419 g/mol. The van der Waals surface area contributed by atoms with Crippen molar-refractivity contribution in [2.75, 3.05) is 33.3 Å². The lowest BCUT2D eigenvalue weighted by Crippen LogP contribution is -2.49. The van der Waals surface area contributed by atoms with Crippen LogP contribution in [0.4, 0.5) is 0 Å². The SMILES string of the molecule is CCn1nc(C(=O)N2CCN(C(C)c3ccccc3)CC2)cc1-c1cccc(OC)c1. The van der Waals surface area contributed by atoms with Crippen LogP contribution in [0.5, 0.6) is 5.75 Å². The molecule has 1 fully saturated rings. The number of benzene rings is 2. The van der Waals surface area contributed by atoms with Gasteiger partial charge in [0.05, 0.1) is 12.8 Å². The van der Waals surface area contributed by atoms with Crippen molar-refractivity contribution in [2.24, 2.45) is 0 Å². The Bertz CT molecular complexity index is 1020. The van der Waals surface area contributed by atoms with Crippen LogP contribution in [-0.2, 0) is 6.54 Å². The van der Waals surface area contributed by atoms with Crippen molar-refractivity contribution in [2.45, 2.75) is 26.4 Å². The fraction of sp³-hybridized carbons (Fsp3) is 0.360. The monoisotopic (exact) mass is 418 g/mol. The molecule has 2 aromatic carbocycles. The summed E-state index contributed by atoms with van der Waals surface area (Å²) >= 11 is 0. The molecule has 1 aromatic heterocycles. The minimum atomic E-state index is 0.00311. The van der Waals surface area contributed by atoms with E-state index in [1.54, 1.807) is 7.11 Å². The number of hydrogen-bond acceptors (Lipinski definition) is 4. The Kier molecular flexibility index (Phi) is 6.37. The number of ether oxygens (including phenoxy) is 1. The first-order chi connectivity index (χ1) is 15.1. The van der Waals surface area contributed by atoms with Crippen molar-refractivity contribution in [3.8, 4) is 17.0 Å². The van der Waals surface area contributed by atoms with E-state index in [0.717, 1.165) is 30.1 Å². The predicted molar refractivity (Wildman–Crippen MR) is 122 cm³/mol. The zero-order valence-corrected chi connectivity index (χ0v) is 18.5. The number of piperazine rings is 1. The van der Waals surface area contributed by atoms with E-state index >= 15 is 0 Å². The largest absolute Gasteiger partial charge is 0.497 e. The molecule has 1 amide bonds. The fourth-order valence-electron chi connectivity index (χ4n) is 4.19. The number of methoxy groups -OCH3 is 1. The molecule has 0 spiro atoms. The Hall–Kier alpha value is -3.12. The second kappa shape index (κ2) is 9.35. The summed E-state index contributed by atoms with van der Waals surface area (Å²) in [7, 11) is 1.66. The lowest BCUT2D eigenvalue weighted by atomic mass is 10.1. The Morgan fingerprint density at radius 1 is 1.03 bits per heavy atom. The third-order valence-electron chi connectivity index (χ3n) is 6.10. The summed E-state index contributed by atoms with van der Waals surface area (Å²) in [4.78, 5) is 17.5. The first kappa shape index (κ1) is 21.1. The predicted octanol–water partition coefficient (Wildman–Crippen LogP) is 4.10. The Labute approximate surface area is 184 Å². The van der Waals surface area contributed by atoms with Gasteiger partial charge in [0.1, 0.15) is 5.75 Å². The molecule has 1 unspecified atom stereocenters. The van der Waals surface area contributed by atoms with Gasteiger partial charge in [0, 0.05) is 44.3 Å². The maximum Gasteiger partial charge on any atom is 0.274 e. The summed E-state index contributed by atoms with van der Waals surface area (Å²) in [6, 6.07) is 20.6. The molecule has 31 heavy (non-hydrogen) atoms. The molecule has 0 N–H and O–H groups in total. The minimum Gasteiger partial charge on any atom is -0.497 e. The first-order valence-corrected chi connectivity index (χ1v) is 10.9. The van der Waals surface area contributed by atoms with E-state index < -0.39 is 0 Å². The van der Waals surface area contributed by atoms with Crippen molar-refractivity contribution < 1.29 is 9.53 Å². The van der Waals surface area contributed by atoms with Crippen molar-refractivity contribution >= 4 is 5.91 Å². The fourth-order valence-corrected chi connectivity index (χ4v) is 4.19. The van der Waals surface area contributed by atoms with Crippen molar-refractivity contribution in [1.82, 2.24) is 19.6 Å². The van der Waals surface area contributed by atoms with Crippen LogP contribution >= 0.6 is 0 Å². The van der Waals surface area contributed by atoms with Crippen LogP contribution in [-0.4, -0.2) is 58.8 Å². The van der Waals surface area contributed by atoms with Gasteiger partial charge in [0.25, 0.3) is 5.91 Å². The van der Waals surface area contributed by atoms with Gasteiger partial charge in [0.2, 0.25) is 0 Å². The Morgan fingerprint density at radius 2 is 1.77 bits per heavy atom.